The number of nitriles is 2. The number of hydrogen-bond acceptors (Lipinski definition) is 4. The summed E-state index contributed by atoms with van der Waals surface area (Å²) in [4.78, 5) is 0. The summed E-state index contributed by atoms with van der Waals surface area (Å²) in [6.07, 6.45) is 0. The van der Waals surface area contributed by atoms with Crippen LogP contribution in [0.1, 0.15) is 0 Å². The highest BCUT2D eigenvalue weighted by atomic mass is 35.5. The van der Waals surface area contributed by atoms with Gasteiger partial charge in [0.15, 0.2) is 0 Å². The first-order valence-electron chi connectivity index (χ1n) is 5.83. The Hall–Kier alpha value is -2.53. The molecule has 0 aromatic heterocycles. The number of rotatable bonds is 3. The second-order valence-corrected chi connectivity index (χ2v) is 4.82. The molecular weight excluding hydrogens is 307 g/mol. The van der Waals surface area contributed by atoms with Crippen molar-refractivity contribution in [1.29, 1.82) is 10.5 Å². The average molecular weight is 315 g/mol. The van der Waals surface area contributed by atoms with Gasteiger partial charge in [0.1, 0.15) is 12.1 Å². The molecule has 0 heterocycles. The van der Waals surface area contributed by atoms with Crippen LogP contribution >= 0.6 is 23.2 Å². The molecule has 1 N–H and O–H groups in total. The molecule has 0 amide bonds. The van der Waals surface area contributed by atoms with Crippen molar-refractivity contribution in [3.8, 4) is 23.3 Å². The lowest BCUT2D eigenvalue weighted by molar-refractivity contribution is 1.34. The van der Waals surface area contributed by atoms with Crippen LogP contribution in [0.2, 0.25) is 10.0 Å². The average Bonchev–Trinajstić information content (AvgIpc) is 2.51. The van der Waals surface area contributed by atoms with Crippen molar-refractivity contribution in [3.63, 3.8) is 0 Å². The van der Waals surface area contributed by atoms with E-state index in [1.54, 1.807) is 30.3 Å². The number of hydrazone groups is 1. The summed E-state index contributed by atoms with van der Waals surface area (Å²) in [5, 5.41) is 21.9. The van der Waals surface area contributed by atoms with Gasteiger partial charge in [-0.3, -0.25) is 5.43 Å². The van der Waals surface area contributed by atoms with Crippen LogP contribution in [0.15, 0.2) is 47.6 Å². The van der Waals surface area contributed by atoms with E-state index in [-0.39, 0.29) is 5.71 Å². The highest BCUT2D eigenvalue weighted by Gasteiger charge is 2.03. The highest BCUT2D eigenvalue weighted by molar-refractivity contribution is 6.42. The first-order chi connectivity index (χ1) is 10.1. The van der Waals surface area contributed by atoms with Gasteiger partial charge in [0.2, 0.25) is 5.71 Å². The van der Waals surface area contributed by atoms with Gasteiger partial charge in [0, 0.05) is 0 Å². The quantitative estimate of drug-likeness (QED) is 0.670. The molecule has 0 bridgehead atoms. The van der Waals surface area contributed by atoms with E-state index in [2.05, 4.69) is 10.5 Å². The predicted molar refractivity (Wildman–Crippen MR) is 84.2 cm³/mol. The zero-order valence-electron chi connectivity index (χ0n) is 10.6. The van der Waals surface area contributed by atoms with Crippen LogP contribution < -0.4 is 5.43 Å². The van der Waals surface area contributed by atoms with Crippen LogP contribution in [0.5, 0.6) is 0 Å². The van der Waals surface area contributed by atoms with Gasteiger partial charge in [0.05, 0.1) is 15.7 Å². The van der Waals surface area contributed by atoms with Crippen LogP contribution in [0.3, 0.4) is 0 Å². The summed E-state index contributed by atoms with van der Waals surface area (Å²) in [6, 6.07) is 16.0. The molecule has 0 spiro atoms. The molecule has 2 rings (SSSR count). The van der Waals surface area contributed by atoms with Gasteiger partial charge in [-0.1, -0.05) is 41.4 Å². The van der Waals surface area contributed by atoms with E-state index >= 15 is 0 Å². The van der Waals surface area contributed by atoms with E-state index in [0.717, 1.165) is 11.1 Å². The van der Waals surface area contributed by atoms with Gasteiger partial charge in [-0.05, 0) is 35.4 Å². The molecule has 2 aromatic rings. The minimum absolute atomic E-state index is 0.241. The first-order valence-corrected chi connectivity index (χ1v) is 6.59. The fourth-order valence-electron chi connectivity index (χ4n) is 1.64. The zero-order valence-corrected chi connectivity index (χ0v) is 12.2. The number of halogens is 2. The number of benzene rings is 2. The third kappa shape index (κ3) is 3.73. The van der Waals surface area contributed by atoms with Crippen LogP contribution in [-0.4, -0.2) is 5.71 Å². The summed E-state index contributed by atoms with van der Waals surface area (Å²) in [5.41, 5.74) is 4.89. The molecule has 21 heavy (non-hydrogen) atoms. The van der Waals surface area contributed by atoms with Crippen molar-refractivity contribution in [2.75, 3.05) is 5.43 Å². The van der Waals surface area contributed by atoms with E-state index in [1.165, 1.54) is 0 Å². The summed E-state index contributed by atoms with van der Waals surface area (Å²) < 4.78 is 0. The van der Waals surface area contributed by atoms with Crippen LogP contribution in [0.25, 0.3) is 11.1 Å². The second kappa shape index (κ2) is 6.76. The topological polar surface area (TPSA) is 72.0 Å². The highest BCUT2D eigenvalue weighted by Crippen LogP contribution is 2.29. The first kappa shape index (κ1) is 14.9. The molecule has 4 nitrogen and oxygen atoms in total. The Kier molecular flexibility index (Phi) is 4.79. The molecular formula is C15H8Cl2N4. The standard InChI is InChI=1S/C15H8Cl2N4/c16-14-5-4-11(7-15(14)17)10-2-1-3-12(6-10)20-21-13(8-18)9-19/h1-7,20H. The van der Waals surface area contributed by atoms with Gasteiger partial charge in [-0.15, -0.1) is 0 Å². The Morgan fingerprint density at radius 1 is 0.952 bits per heavy atom. The van der Waals surface area contributed by atoms with E-state index < -0.39 is 0 Å². The zero-order chi connectivity index (χ0) is 15.2. The molecule has 102 valence electrons. The molecule has 6 heteroatoms. The largest absolute Gasteiger partial charge is 0.276 e. The van der Waals surface area contributed by atoms with Gasteiger partial charge >= 0.3 is 0 Å². The Bertz CT molecular complexity index is 769. The van der Waals surface area contributed by atoms with Crippen LogP contribution in [-0.2, 0) is 0 Å². The fourth-order valence-corrected chi connectivity index (χ4v) is 1.94. The number of nitrogens with zero attached hydrogens (tertiary/aromatic N) is 3. The van der Waals surface area contributed by atoms with E-state index in [4.69, 9.17) is 33.7 Å². The Labute approximate surface area is 131 Å². The van der Waals surface area contributed by atoms with Crippen molar-refractivity contribution in [1.82, 2.24) is 0 Å². The van der Waals surface area contributed by atoms with Crippen molar-refractivity contribution in [2.24, 2.45) is 5.10 Å². The number of nitrogens with one attached hydrogen (secondary N) is 1. The lowest BCUT2D eigenvalue weighted by atomic mass is 10.1. The Morgan fingerprint density at radius 3 is 2.33 bits per heavy atom. The second-order valence-electron chi connectivity index (χ2n) is 4.01. The molecule has 0 fully saturated rings. The molecule has 0 unspecified atom stereocenters. The van der Waals surface area contributed by atoms with Crippen molar-refractivity contribution in [3.05, 3.63) is 52.5 Å². The van der Waals surface area contributed by atoms with E-state index in [9.17, 15) is 0 Å². The van der Waals surface area contributed by atoms with Crippen molar-refractivity contribution >= 4 is 34.6 Å². The molecule has 0 saturated heterocycles. The van der Waals surface area contributed by atoms with Gasteiger partial charge in [0.25, 0.3) is 0 Å². The summed E-state index contributed by atoms with van der Waals surface area (Å²) in [7, 11) is 0. The molecule has 0 radical (unpaired) electrons. The van der Waals surface area contributed by atoms with Gasteiger partial charge < -0.3 is 0 Å². The lowest BCUT2D eigenvalue weighted by Crippen LogP contribution is -1.96. The maximum atomic E-state index is 8.62. The monoisotopic (exact) mass is 314 g/mol. The van der Waals surface area contributed by atoms with Crippen LogP contribution in [0.4, 0.5) is 5.69 Å². The van der Waals surface area contributed by atoms with E-state index in [1.807, 2.05) is 24.3 Å². The number of anilines is 1. The van der Waals surface area contributed by atoms with Crippen molar-refractivity contribution in [2.45, 2.75) is 0 Å². The minimum Gasteiger partial charge on any atom is -0.276 e. The summed E-state index contributed by atoms with van der Waals surface area (Å²) in [6.45, 7) is 0. The third-order valence-corrected chi connectivity index (χ3v) is 3.36. The molecule has 0 saturated carbocycles. The Morgan fingerprint density at radius 2 is 1.67 bits per heavy atom. The molecule has 0 aliphatic rings. The molecule has 0 aliphatic carbocycles. The van der Waals surface area contributed by atoms with Gasteiger partial charge in [-0.2, -0.15) is 15.6 Å². The molecule has 0 aliphatic heterocycles. The molecule has 0 atom stereocenters. The molecule has 2 aromatic carbocycles. The third-order valence-electron chi connectivity index (χ3n) is 2.62. The normalized spacial score (nSPS) is 9.33. The smallest absolute Gasteiger partial charge is 0.237 e. The van der Waals surface area contributed by atoms with Crippen molar-refractivity contribution < 1.29 is 0 Å². The maximum absolute atomic E-state index is 8.62. The summed E-state index contributed by atoms with van der Waals surface area (Å²) in [5.74, 6) is 0. The minimum atomic E-state index is -0.241. The van der Waals surface area contributed by atoms with Crippen LogP contribution in [0, 0.1) is 22.7 Å². The summed E-state index contributed by atoms with van der Waals surface area (Å²) >= 11 is 11.9. The fraction of sp³-hybridized carbons (Fsp3) is 0. The number of hydrogen-bond donors (Lipinski definition) is 1. The van der Waals surface area contributed by atoms with Gasteiger partial charge in [-0.25, -0.2) is 0 Å². The lowest BCUT2D eigenvalue weighted by Gasteiger charge is -2.06. The maximum Gasteiger partial charge on any atom is 0.237 e. The SMILES string of the molecule is N#CC(C#N)=NNc1cccc(-c2ccc(Cl)c(Cl)c2)c1. The Balaban J connectivity index is 2.30. The van der Waals surface area contributed by atoms with E-state index in [0.29, 0.717) is 15.7 Å². The predicted octanol–water partition coefficient (Wildman–Crippen LogP) is 4.48.